The summed E-state index contributed by atoms with van der Waals surface area (Å²) in [5, 5.41) is 8.50. The molecule has 0 saturated carbocycles. The van der Waals surface area contributed by atoms with E-state index in [0.717, 1.165) is 0 Å². The third-order valence-electron chi connectivity index (χ3n) is 1.94. The maximum absolute atomic E-state index is 11.1. The van der Waals surface area contributed by atoms with Gasteiger partial charge in [0.15, 0.2) is 0 Å². The lowest BCUT2D eigenvalue weighted by Crippen LogP contribution is -2.20. The van der Waals surface area contributed by atoms with Crippen LogP contribution in [0.2, 0.25) is 0 Å². The van der Waals surface area contributed by atoms with E-state index in [9.17, 15) is 9.59 Å². The molecular weight excluding hydrogens is 184 g/mol. The summed E-state index contributed by atoms with van der Waals surface area (Å²) in [4.78, 5) is 21.5. The summed E-state index contributed by atoms with van der Waals surface area (Å²) in [5.41, 5.74) is -0.301. The van der Waals surface area contributed by atoms with Crippen molar-refractivity contribution >= 4 is 11.9 Å². The zero-order valence-corrected chi connectivity index (χ0v) is 9.00. The average molecular weight is 202 g/mol. The van der Waals surface area contributed by atoms with E-state index < -0.39 is 5.97 Å². The van der Waals surface area contributed by atoms with Crippen LogP contribution < -0.4 is 0 Å². The molecule has 0 unspecified atom stereocenters. The molecular formula is C10H18O4. The van der Waals surface area contributed by atoms with Gasteiger partial charge in [-0.2, -0.15) is 0 Å². The van der Waals surface area contributed by atoms with Crippen LogP contribution in [0.25, 0.3) is 0 Å². The molecule has 1 N–H and O–H groups in total. The van der Waals surface area contributed by atoms with Crippen molar-refractivity contribution in [2.75, 3.05) is 6.61 Å². The van der Waals surface area contributed by atoms with E-state index in [1.807, 2.05) is 13.8 Å². The Hall–Kier alpha value is -1.06. The predicted octanol–water partition coefficient (Wildman–Crippen LogP) is 1.83. The topological polar surface area (TPSA) is 63.6 Å². The van der Waals surface area contributed by atoms with Gasteiger partial charge in [0.05, 0.1) is 13.0 Å². The number of carboxylic acid groups (broad SMARTS) is 1. The molecule has 0 aromatic rings. The molecule has 0 radical (unpaired) electrons. The fourth-order valence-corrected chi connectivity index (χ4v) is 1.14. The Kier molecular flexibility index (Phi) is 5.20. The highest BCUT2D eigenvalue weighted by atomic mass is 16.5. The second kappa shape index (κ2) is 5.62. The quantitative estimate of drug-likeness (QED) is 0.667. The van der Waals surface area contributed by atoms with Crippen LogP contribution in [0.4, 0.5) is 0 Å². The van der Waals surface area contributed by atoms with Crippen molar-refractivity contribution < 1.29 is 19.4 Å². The Morgan fingerprint density at radius 1 is 1.36 bits per heavy atom. The number of ether oxygens (including phenoxy) is 1. The van der Waals surface area contributed by atoms with Gasteiger partial charge in [0, 0.05) is 6.42 Å². The van der Waals surface area contributed by atoms with Gasteiger partial charge in [-0.1, -0.05) is 13.8 Å². The monoisotopic (exact) mass is 202 g/mol. The molecule has 0 bridgehead atoms. The van der Waals surface area contributed by atoms with Crippen LogP contribution in [0.15, 0.2) is 0 Å². The summed E-state index contributed by atoms with van der Waals surface area (Å²) < 4.78 is 4.80. The Morgan fingerprint density at radius 3 is 2.36 bits per heavy atom. The van der Waals surface area contributed by atoms with E-state index in [2.05, 4.69) is 0 Å². The van der Waals surface area contributed by atoms with E-state index in [0.29, 0.717) is 13.0 Å². The number of rotatable bonds is 6. The molecule has 0 atom stereocenters. The highest BCUT2D eigenvalue weighted by Gasteiger charge is 2.23. The summed E-state index contributed by atoms with van der Waals surface area (Å²) >= 11 is 0. The Labute approximate surface area is 84.3 Å². The van der Waals surface area contributed by atoms with Gasteiger partial charge in [0.25, 0.3) is 0 Å². The zero-order valence-electron chi connectivity index (χ0n) is 9.00. The number of carbonyl (C=O) groups is 2. The number of hydrogen-bond donors (Lipinski definition) is 1. The third kappa shape index (κ3) is 6.46. The van der Waals surface area contributed by atoms with Crippen molar-refractivity contribution in [2.24, 2.45) is 5.41 Å². The standard InChI is InChI=1S/C10H18O4/c1-4-14-9(13)7-10(2,3)6-5-8(11)12/h4-7H2,1-3H3,(H,11,12). The average Bonchev–Trinajstić information content (AvgIpc) is 2.00. The SMILES string of the molecule is CCOC(=O)CC(C)(C)CCC(=O)O. The first-order valence-corrected chi connectivity index (χ1v) is 4.75. The van der Waals surface area contributed by atoms with Crippen LogP contribution in [0.1, 0.15) is 40.0 Å². The minimum atomic E-state index is -0.832. The maximum atomic E-state index is 11.1. The van der Waals surface area contributed by atoms with E-state index in [1.165, 1.54) is 0 Å². The van der Waals surface area contributed by atoms with E-state index in [1.54, 1.807) is 6.92 Å². The van der Waals surface area contributed by atoms with Crippen LogP contribution in [-0.4, -0.2) is 23.7 Å². The first-order valence-electron chi connectivity index (χ1n) is 4.75. The second-order valence-corrected chi connectivity index (χ2v) is 4.04. The van der Waals surface area contributed by atoms with Crippen LogP contribution in [0, 0.1) is 5.41 Å². The van der Waals surface area contributed by atoms with Crippen molar-refractivity contribution in [3.8, 4) is 0 Å². The number of carboxylic acids is 1. The van der Waals surface area contributed by atoms with Gasteiger partial charge < -0.3 is 9.84 Å². The van der Waals surface area contributed by atoms with Crippen LogP contribution >= 0.6 is 0 Å². The van der Waals surface area contributed by atoms with Gasteiger partial charge in [0.1, 0.15) is 0 Å². The zero-order chi connectivity index (χ0) is 11.2. The van der Waals surface area contributed by atoms with Crippen LogP contribution in [0.3, 0.4) is 0 Å². The smallest absolute Gasteiger partial charge is 0.306 e. The van der Waals surface area contributed by atoms with Gasteiger partial charge in [0.2, 0.25) is 0 Å². The second-order valence-electron chi connectivity index (χ2n) is 4.04. The lowest BCUT2D eigenvalue weighted by atomic mass is 9.84. The van der Waals surface area contributed by atoms with Crippen molar-refractivity contribution in [2.45, 2.75) is 40.0 Å². The highest BCUT2D eigenvalue weighted by molar-refractivity contribution is 5.70. The van der Waals surface area contributed by atoms with Crippen LogP contribution in [0.5, 0.6) is 0 Å². The third-order valence-corrected chi connectivity index (χ3v) is 1.94. The molecule has 0 saturated heterocycles. The van der Waals surface area contributed by atoms with Gasteiger partial charge in [-0.05, 0) is 18.8 Å². The molecule has 0 aromatic heterocycles. The lowest BCUT2D eigenvalue weighted by molar-refractivity contribution is -0.146. The van der Waals surface area contributed by atoms with Gasteiger partial charge >= 0.3 is 11.9 Å². The van der Waals surface area contributed by atoms with Crippen LogP contribution in [-0.2, 0) is 14.3 Å². The summed E-state index contributed by atoms with van der Waals surface area (Å²) in [6, 6.07) is 0. The van der Waals surface area contributed by atoms with E-state index >= 15 is 0 Å². The number of esters is 1. The molecule has 4 nitrogen and oxygen atoms in total. The van der Waals surface area contributed by atoms with Gasteiger partial charge in [-0.15, -0.1) is 0 Å². The van der Waals surface area contributed by atoms with Crippen molar-refractivity contribution in [3.05, 3.63) is 0 Å². The molecule has 0 rings (SSSR count). The molecule has 82 valence electrons. The highest BCUT2D eigenvalue weighted by Crippen LogP contribution is 2.27. The molecule has 14 heavy (non-hydrogen) atoms. The Morgan fingerprint density at radius 2 is 1.93 bits per heavy atom. The number of aliphatic carboxylic acids is 1. The Bertz CT molecular complexity index is 208. The van der Waals surface area contributed by atoms with Crippen molar-refractivity contribution in [1.29, 1.82) is 0 Å². The first kappa shape index (κ1) is 12.9. The van der Waals surface area contributed by atoms with Crippen molar-refractivity contribution in [1.82, 2.24) is 0 Å². The summed E-state index contributed by atoms with van der Waals surface area (Å²) in [7, 11) is 0. The summed E-state index contributed by atoms with van der Waals surface area (Å²) in [6.45, 7) is 5.86. The number of hydrogen-bond acceptors (Lipinski definition) is 3. The molecule has 0 aliphatic carbocycles. The predicted molar refractivity (Wildman–Crippen MR) is 51.9 cm³/mol. The maximum Gasteiger partial charge on any atom is 0.306 e. The molecule has 0 amide bonds. The fourth-order valence-electron chi connectivity index (χ4n) is 1.14. The molecule has 4 heteroatoms. The molecule has 0 aromatic carbocycles. The normalized spacial score (nSPS) is 11.1. The molecule has 0 fully saturated rings. The number of carbonyl (C=O) groups excluding carboxylic acids is 1. The Balaban J connectivity index is 3.93. The summed E-state index contributed by atoms with van der Waals surface area (Å²) in [5.74, 6) is -1.09. The minimum Gasteiger partial charge on any atom is -0.481 e. The molecule has 0 spiro atoms. The molecule has 0 aliphatic heterocycles. The minimum absolute atomic E-state index is 0.0897. The lowest BCUT2D eigenvalue weighted by Gasteiger charge is -2.22. The van der Waals surface area contributed by atoms with Gasteiger partial charge in [-0.3, -0.25) is 9.59 Å². The van der Waals surface area contributed by atoms with E-state index in [4.69, 9.17) is 9.84 Å². The van der Waals surface area contributed by atoms with Crippen molar-refractivity contribution in [3.63, 3.8) is 0 Å². The van der Waals surface area contributed by atoms with Gasteiger partial charge in [-0.25, -0.2) is 0 Å². The largest absolute Gasteiger partial charge is 0.481 e. The fraction of sp³-hybridized carbons (Fsp3) is 0.800. The first-order chi connectivity index (χ1) is 6.37. The molecule has 0 aliphatic rings. The van der Waals surface area contributed by atoms with E-state index in [-0.39, 0.29) is 24.2 Å². The molecule has 0 heterocycles. The summed E-state index contributed by atoms with van der Waals surface area (Å²) in [6.07, 6.45) is 0.849.